The quantitative estimate of drug-likeness (QED) is 0.836. The first-order valence-corrected chi connectivity index (χ1v) is 8.59. The molecule has 21 heavy (non-hydrogen) atoms. The average molecular weight is 313 g/mol. The van der Waals surface area contributed by atoms with Gasteiger partial charge in [0, 0.05) is 24.9 Å². The van der Waals surface area contributed by atoms with E-state index >= 15 is 0 Å². The first kappa shape index (κ1) is 14.8. The molecule has 1 heterocycles. The van der Waals surface area contributed by atoms with Crippen molar-refractivity contribution in [2.24, 2.45) is 0 Å². The Morgan fingerprint density at radius 3 is 2.67 bits per heavy atom. The maximum atomic E-state index is 10.9. The van der Waals surface area contributed by atoms with Crippen molar-refractivity contribution in [2.45, 2.75) is 44.0 Å². The molecule has 7 heteroatoms. The average Bonchev–Trinajstić information content (AvgIpc) is 2.45. The Balaban J connectivity index is 1.86. The van der Waals surface area contributed by atoms with E-state index in [1.165, 1.54) is 0 Å². The summed E-state index contributed by atoms with van der Waals surface area (Å²) in [5, 5.41) is 0. The van der Waals surface area contributed by atoms with Crippen molar-refractivity contribution in [1.82, 2.24) is 4.72 Å². The highest BCUT2D eigenvalue weighted by Gasteiger charge is 2.42. The number of para-hydroxylation sites is 1. The Bertz CT molecular complexity index is 610. The molecular weight excluding hydrogens is 294 g/mol. The minimum Gasteiger partial charge on any atom is -0.462 e. The van der Waals surface area contributed by atoms with E-state index in [-0.39, 0.29) is 6.54 Å². The highest BCUT2D eigenvalue weighted by Crippen LogP contribution is 2.44. The van der Waals surface area contributed by atoms with Crippen molar-refractivity contribution in [3.05, 3.63) is 29.8 Å². The van der Waals surface area contributed by atoms with Crippen LogP contribution in [-0.2, 0) is 15.0 Å². The summed E-state index contributed by atoms with van der Waals surface area (Å²) in [6.07, 6.45) is 4.34. The van der Waals surface area contributed by atoms with Crippen LogP contribution < -0.4 is 9.46 Å². The fraction of sp³-hybridized carbons (Fsp3) is 0.571. The third-order valence-electron chi connectivity index (χ3n) is 3.99. The molecular formula is C14H19NO5S. The van der Waals surface area contributed by atoms with Crippen LogP contribution in [0.15, 0.2) is 24.3 Å². The first-order chi connectivity index (χ1) is 9.98. The second kappa shape index (κ2) is 5.57. The maximum Gasteiger partial charge on any atom is 0.333 e. The van der Waals surface area contributed by atoms with Gasteiger partial charge in [-0.25, -0.2) is 0 Å². The van der Waals surface area contributed by atoms with Crippen LogP contribution in [-0.4, -0.2) is 25.3 Å². The topological polar surface area (TPSA) is 84.9 Å². The standard InChI is InChI=1S/C14H19NO5S/c16-21(17,18)15-10-13-11-6-2-3-7-12(11)19-14(20-13)8-4-1-5-9-14/h2-3,6-7,13,15H,1,4-5,8-10H2,(H,16,17,18)/t13-/m1/s1. The fourth-order valence-electron chi connectivity index (χ4n) is 3.03. The van der Waals surface area contributed by atoms with Crippen LogP contribution in [0.3, 0.4) is 0 Å². The van der Waals surface area contributed by atoms with Crippen LogP contribution in [0, 0.1) is 0 Å². The maximum absolute atomic E-state index is 10.9. The third kappa shape index (κ3) is 3.37. The minimum atomic E-state index is -4.24. The van der Waals surface area contributed by atoms with Gasteiger partial charge in [0.15, 0.2) is 0 Å². The van der Waals surface area contributed by atoms with Gasteiger partial charge < -0.3 is 9.47 Å². The Labute approximate surface area is 124 Å². The molecule has 0 unspecified atom stereocenters. The first-order valence-electron chi connectivity index (χ1n) is 7.15. The van der Waals surface area contributed by atoms with Gasteiger partial charge in [0.25, 0.3) is 0 Å². The highest BCUT2D eigenvalue weighted by atomic mass is 32.2. The zero-order valence-electron chi connectivity index (χ0n) is 11.6. The van der Waals surface area contributed by atoms with E-state index in [4.69, 9.17) is 14.0 Å². The lowest BCUT2D eigenvalue weighted by Gasteiger charge is -2.44. The lowest BCUT2D eigenvalue weighted by Crippen LogP contribution is -2.47. The van der Waals surface area contributed by atoms with Crippen molar-refractivity contribution in [3.63, 3.8) is 0 Å². The van der Waals surface area contributed by atoms with Gasteiger partial charge in [-0.3, -0.25) is 4.55 Å². The highest BCUT2D eigenvalue weighted by molar-refractivity contribution is 7.83. The second-order valence-electron chi connectivity index (χ2n) is 5.54. The number of hydrogen-bond donors (Lipinski definition) is 2. The van der Waals surface area contributed by atoms with E-state index in [1.54, 1.807) is 0 Å². The monoisotopic (exact) mass is 313 g/mol. The summed E-state index contributed by atoms with van der Waals surface area (Å²) in [4.78, 5) is 0. The Morgan fingerprint density at radius 1 is 1.24 bits per heavy atom. The minimum absolute atomic E-state index is 0.0129. The summed E-state index contributed by atoms with van der Waals surface area (Å²) in [6.45, 7) is -0.0129. The van der Waals surface area contributed by atoms with Gasteiger partial charge in [0.1, 0.15) is 11.9 Å². The molecule has 1 atom stereocenters. The van der Waals surface area contributed by atoms with Gasteiger partial charge in [-0.05, 0) is 18.9 Å². The molecule has 1 fully saturated rings. The van der Waals surface area contributed by atoms with Gasteiger partial charge in [-0.2, -0.15) is 13.1 Å². The SMILES string of the molecule is O=S(=O)(O)NC[C@H]1OC2(CCCCC2)Oc2ccccc21. The number of nitrogens with one attached hydrogen (secondary N) is 1. The van der Waals surface area contributed by atoms with E-state index in [9.17, 15) is 8.42 Å². The molecule has 6 nitrogen and oxygen atoms in total. The molecule has 1 aromatic rings. The number of fused-ring (bicyclic) bond motifs is 1. The number of rotatable bonds is 3. The van der Waals surface area contributed by atoms with Gasteiger partial charge in [0.05, 0.1) is 0 Å². The molecule has 0 radical (unpaired) electrons. The number of ether oxygens (including phenoxy) is 2. The van der Waals surface area contributed by atoms with Gasteiger partial charge in [-0.15, -0.1) is 0 Å². The summed E-state index contributed by atoms with van der Waals surface area (Å²) in [5.74, 6) is 0.0609. The molecule has 1 aliphatic heterocycles. The van der Waals surface area contributed by atoms with Crippen molar-refractivity contribution in [1.29, 1.82) is 0 Å². The van der Waals surface area contributed by atoms with Gasteiger partial charge in [-0.1, -0.05) is 24.6 Å². The molecule has 1 aliphatic carbocycles. The molecule has 0 amide bonds. The van der Waals surface area contributed by atoms with E-state index in [1.807, 2.05) is 24.3 Å². The molecule has 116 valence electrons. The van der Waals surface area contributed by atoms with Crippen molar-refractivity contribution >= 4 is 10.3 Å². The molecule has 3 rings (SSSR count). The van der Waals surface area contributed by atoms with Crippen LogP contribution in [0.1, 0.15) is 43.8 Å². The normalized spacial score (nSPS) is 24.3. The zero-order valence-corrected chi connectivity index (χ0v) is 12.4. The van der Waals surface area contributed by atoms with Crippen LogP contribution in [0.5, 0.6) is 5.75 Å². The summed E-state index contributed by atoms with van der Waals surface area (Å²) in [5.41, 5.74) is 0.796. The Morgan fingerprint density at radius 2 is 1.95 bits per heavy atom. The predicted octanol–water partition coefficient (Wildman–Crippen LogP) is 2.19. The molecule has 0 aromatic heterocycles. The molecule has 1 saturated carbocycles. The number of hydrogen-bond acceptors (Lipinski definition) is 4. The molecule has 0 saturated heterocycles. The van der Waals surface area contributed by atoms with Crippen LogP contribution in [0.25, 0.3) is 0 Å². The zero-order chi connectivity index (χ0) is 14.9. The van der Waals surface area contributed by atoms with E-state index in [2.05, 4.69) is 4.72 Å². The Hall–Kier alpha value is -1.15. The molecule has 2 N–H and O–H groups in total. The van der Waals surface area contributed by atoms with Crippen LogP contribution in [0.4, 0.5) is 0 Å². The molecule has 1 spiro atoms. The van der Waals surface area contributed by atoms with Gasteiger partial charge in [0.2, 0.25) is 5.79 Å². The summed E-state index contributed by atoms with van der Waals surface area (Å²) in [6, 6.07) is 7.45. The van der Waals surface area contributed by atoms with Gasteiger partial charge >= 0.3 is 10.3 Å². The second-order valence-corrected chi connectivity index (χ2v) is 6.78. The van der Waals surface area contributed by atoms with Crippen LogP contribution >= 0.6 is 0 Å². The lowest BCUT2D eigenvalue weighted by molar-refractivity contribution is -0.243. The van der Waals surface area contributed by atoms with E-state index < -0.39 is 22.2 Å². The smallest absolute Gasteiger partial charge is 0.333 e. The molecule has 2 aliphatic rings. The van der Waals surface area contributed by atoms with Crippen LogP contribution in [0.2, 0.25) is 0 Å². The summed E-state index contributed by atoms with van der Waals surface area (Å²) < 4.78 is 44.9. The van der Waals surface area contributed by atoms with Crippen molar-refractivity contribution < 1.29 is 22.4 Å². The largest absolute Gasteiger partial charge is 0.462 e. The fourth-order valence-corrected chi connectivity index (χ4v) is 3.39. The Kier molecular flexibility index (Phi) is 3.92. The van der Waals surface area contributed by atoms with E-state index in [0.717, 1.165) is 43.4 Å². The predicted molar refractivity (Wildman–Crippen MR) is 76.3 cm³/mol. The number of benzene rings is 1. The third-order valence-corrected chi connectivity index (χ3v) is 4.52. The molecule has 1 aromatic carbocycles. The summed E-state index contributed by atoms with van der Waals surface area (Å²) >= 11 is 0. The van der Waals surface area contributed by atoms with Crippen molar-refractivity contribution in [3.8, 4) is 5.75 Å². The lowest BCUT2D eigenvalue weighted by atomic mass is 9.92. The summed E-state index contributed by atoms with van der Waals surface area (Å²) in [7, 11) is -4.24. The molecule has 0 bridgehead atoms. The van der Waals surface area contributed by atoms with E-state index in [0.29, 0.717) is 0 Å². The van der Waals surface area contributed by atoms with Crippen molar-refractivity contribution in [2.75, 3.05) is 6.54 Å².